The Labute approximate surface area is 75.8 Å². The van der Waals surface area contributed by atoms with Crippen LogP contribution in [0.15, 0.2) is 30.3 Å². The van der Waals surface area contributed by atoms with Crippen molar-refractivity contribution in [2.24, 2.45) is 0 Å². The van der Waals surface area contributed by atoms with Crippen molar-refractivity contribution in [1.82, 2.24) is 0 Å². The van der Waals surface area contributed by atoms with E-state index in [1.165, 1.54) is 17.1 Å². The molecule has 1 aliphatic rings. The summed E-state index contributed by atoms with van der Waals surface area (Å²) in [7, 11) is 0. The van der Waals surface area contributed by atoms with Gasteiger partial charge < -0.3 is 0 Å². The Kier molecular flexibility index (Phi) is 2.44. The zero-order valence-corrected chi connectivity index (χ0v) is 7.83. The van der Waals surface area contributed by atoms with Gasteiger partial charge in [-0.3, -0.25) is 0 Å². The van der Waals surface area contributed by atoms with Gasteiger partial charge in [0, 0.05) is 11.5 Å². The van der Waals surface area contributed by atoms with E-state index < -0.39 is 0 Å². The minimum atomic E-state index is 0.705. The van der Waals surface area contributed by atoms with E-state index in [-0.39, 0.29) is 0 Å². The van der Waals surface area contributed by atoms with Crippen LogP contribution in [-0.2, 0) is 0 Å². The summed E-state index contributed by atoms with van der Waals surface area (Å²) in [5.41, 5.74) is 1.47. The van der Waals surface area contributed by atoms with Gasteiger partial charge in [0.2, 0.25) is 0 Å². The molecule has 0 nitrogen and oxygen atoms in total. The van der Waals surface area contributed by atoms with Crippen LogP contribution in [0.1, 0.15) is 10.1 Å². The van der Waals surface area contributed by atoms with E-state index in [1.54, 1.807) is 0 Å². The zero-order chi connectivity index (χ0) is 7.52. The van der Waals surface area contributed by atoms with E-state index in [0.29, 0.717) is 4.58 Å². The quantitative estimate of drug-likeness (QED) is 0.654. The second-order valence-corrected chi connectivity index (χ2v) is 5.21. The van der Waals surface area contributed by atoms with Crippen LogP contribution in [0.2, 0.25) is 0 Å². The maximum atomic E-state index is 2.22. The lowest BCUT2D eigenvalue weighted by molar-refractivity contribution is 1.39. The van der Waals surface area contributed by atoms with Gasteiger partial charge >= 0.3 is 0 Å². The molecule has 1 aromatic rings. The van der Waals surface area contributed by atoms with E-state index in [0.717, 1.165) is 0 Å². The normalized spacial score (nSPS) is 18.9. The maximum Gasteiger partial charge on any atom is 0.0751 e. The van der Waals surface area contributed by atoms with Crippen molar-refractivity contribution < 1.29 is 0 Å². The third-order valence-electron chi connectivity index (χ3n) is 1.69. The highest BCUT2D eigenvalue weighted by Gasteiger charge is 2.16. The fourth-order valence-electron chi connectivity index (χ4n) is 1.16. The summed E-state index contributed by atoms with van der Waals surface area (Å²) >= 11 is 4.12. The van der Waals surface area contributed by atoms with Gasteiger partial charge in [-0.05, 0) is 5.56 Å². The predicted octanol–water partition coefficient (Wildman–Crippen LogP) is 3.17. The first kappa shape index (κ1) is 7.56. The summed E-state index contributed by atoms with van der Waals surface area (Å²) in [6.07, 6.45) is 0. The van der Waals surface area contributed by atoms with Gasteiger partial charge in [-0.15, -0.1) is 23.5 Å². The van der Waals surface area contributed by atoms with Gasteiger partial charge in [0.05, 0.1) is 4.58 Å². The van der Waals surface area contributed by atoms with Crippen LogP contribution in [0.4, 0.5) is 0 Å². The molecular formula is C9H10S2. The van der Waals surface area contributed by atoms with Crippen molar-refractivity contribution in [2.45, 2.75) is 4.58 Å². The lowest BCUT2D eigenvalue weighted by atomic mass is 10.2. The Bertz CT molecular complexity index is 214. The summed E-state index contributed by atoms with van der Waals surface area (Å²) in [6.45, 7) is 0. The number of hydrogen-bond acceptors (Lipinski definition) is 2. The molecule has 0 amide bonds. The Balaban J connectivity index is 2.16. The second-order valence-electron chi connectivity index (χ2n) is 2.48. The third-order valence-corrected chi connectivity index (χ3v) is 4.80. The summed E-state index contributed by atoms with van der Waals surface area (Å²) in [4.78, 5) is 0. The van der Waals surface area contributed by atoms with E-state index in [1.807, 2.05) is 0 Å². The van der Waals surface area contributed by atoms with E-state index in [9.17, 15) is 0 Å². The van der Waals surface area contributed by atoms with E-state index in [2.05, 4.69) is 53.9 Å². The van der Waals surface area contributed by atoms with Gasteiger partial charge in [0.25, 0.3) is 0 Å². The molecule has 1 saturated heterocycles. The van der Waals surface area contributed by atoms with Crippen LogP contribution in [0.3, 0.4) is 0 Å². The minimum absolute atomic E-state index is 0.705. The predicted molar refractivity (Wildman–Crippen MR) is 54.1 cm³/mol. The molecule has 2 rings (SSSR count). The van der Waals surface area contributed by atoms with Crippen molar-refractivity contribution >= 4 is 23.5 Å². The van der Waals surface area contributed by atoms with Gasteiger partial charge in [-0.2, -0.15) is 0 Å². The van der Waals surface area contributed by atoms with Crippen LogP contribution in [-0.4, -0.2) is 11.5 Å². The summed E-state index contributed by atoms with van der Waals surface area (Å²) in [5.74, 6) is 2.62. The smallest absolute Gasteiger partial charge is 0.0751 e. The van der Waals surface area contributed by atoms with E-state index >= 15 is 0 Å². The van der Waals surface area contributed by atoms with Gasteiger partial charge in [0.15, 0.2) is 0 Å². The molecule has 1 heterocycles. The molecule has 0 radical (unpaired) electrons. The highest BCUT2D eigenvalue weighted by atomic mass is 32.2. The zero-order valence-electron chi connectivity index (χ0n) is 6.19. The van der Waals surface area contributed by atoms with Crippen molar-refractivity contribution in [3.8, 4) is 0 Å². The molecule has 0 atom stereocenters. The van der Waals surface area contributed by atoms with Gasteiger partial charge in [0.1, 0.15) is 0 Å². The third kappa shape index (κ3) is 1.74. The fraction of sp³-hybridized carbons (Fsp3) is 0.333. The molecule has 0 N–H and O–H groups in total. The Morgan fingerprint density at radius 1 is 1.00 bits per heavy atom. The van der Waals surface area contributed by atoms with E-state index in [4.69, 9.17) is 0 Å². The molecule has 0 saturated carbocycles. The number of benzene rings is 1. The number of rotatable bonds is 1. The highest BCUT2D eigenvalue weighted by molar-refractivity contribution is 8.19. The van der Waals surface area contributed by atoms with Crippen molar-refractivity contribution in [2.75, 3.05) is 11.5 Å². The molecule has 0 aliphatic carbocycles. The largest absolute Gasteiger partial charge is 0.142 e. The van der Waals surface area contributed by atoms with Crippen LogP contribution in [0, 0.1) is 0 Å². The first-order valence-corrected chi connectivity index (χ1v) is 5.85. The molecule has 2 heteroatoms. The molecule has 0 aromatic heterocycles. The van der Waals surface area contributed by atoms with Crippen LogP contribution < -0.4 is 0 Å². The summed E-state index contributed by atoms with van der Waals surface area (Å²) in [5, 5.41) is 0. The first-order chi connectivity index (χ1) is 5.47. The lowest BCUT2D eigenvalue weighted by Gasteiger charge is -2.06. The molecule has 0 spiro atoms. The lowest BCUT2D eigenvalue weighted by Crippen LogP contribution is -1.81. The van der Waals surface area contributed by atoms with Crippen LogP contribution in [0.5, 0.6) is 0 Å². The molecule has 0 bridgehead atoms. The first-order valence-electron chi connectivity index (χ1n) is 3.75. The molecule has 0 unspecified atom stereocenters. The average Bonchev–Trinajstić information content (AvgIpc) is 2.58. The van der Waals surface area contributed by atoms with Crippen LogP contribution in [0.25, 0.3) is 0 Å². The second kappa shape index (κ2) is 3.55. The fourth-order valence-corrected chi connectivity index (χ4v) is 4.02. The van der Waals surface area contributed by atoms with Gasteiger partial charge in [-0.1, -0.05) is 30.3 Å². The number of thioether (sulfide) groups is 2. The maximum absolute atomic E-state index is 2.22. The Morgan fingerprint density at radius 2 is 1.64 bits per heavy atom. The minimum Gasteiger partial charge on any atom is -0.142 e. The standard InChI is InChI=1S/C9H10S2/c1-2-4-8(5-3-1)9-10-6-7-11-9/h1-5,9H,6-7H2. The van der Waals surface area contributed by atoms with Gasteiger partial charge in [-0.25, -0.2) is 0 Å². The van der Waals surface area contributed by atoms with Crippen molar-refractivity contribution in [3.05, 3.63) is 35.9 Å². The van der Waals surface area contributed by atoms with Crippen LogP contribution >= 0.6 is 23.5 Å². The topological polar surface area (TPSA) is 0 Å². The average molecular weight is 182 g/mol. The SMILES string of the molecule is c1ccc(C2SCCS2)cc1. The monoisotopic (exact) mass is 182 g/mol. The Morgan fingerprint density at radius 3 is 2.27 bits per heavy atom. The highest BCUT2D eigenvalue weighted by Crippen LogP contribution is 2.44. The Hall–Kier alpha value is -0.0800. The van der Waals surface area contributed by atoms with Crippen molar-refractivity contribution in [3.63, 3.8) is 0 Å². The molecule has 11 heavy (non-hydrogen) atoms. The summed E-state index contributed by atoms with van der Waals surface area (Å²) in [6, 6.07) is 10.8. The molecule has 58 valence electrons. The molecular weight excluding hydrogens is 172 g/mol. The van der Waals surface area contributed by atoms with Crippen molar-refractivity contribution in [1.29, 1.82) is 0 Å². The summed E-state index contributed by atoms with van der Waals surface area (Å²) < 4.78 is 0.705. The molecule has 1 aliphatic heterocycles. The molecule has 1 fully saturated rings. The molecule has 1 aromatic carbocycles. The number of hydrogen-bond donors (Lipinski definition) is 0.